The molecule has 7 rings (SSSR count). The maximum Gasteiger partial charge on any atom is 0.296 e. The predicted molar refractivity (Wildman–Crippen MR) is 158 cm³/mol. The van der Waals surface area contributed by atoms with Gasteiger partial charge in [-0.15, -0.1) is 0 Å². The van der Waals surface area contributed by atoms with Crippen LogP contribution >= 0.6 is 0 Å². The summed E-state index contributed by atoms with van der Waals surface area (Å²) >= 11 is 0. The van der Waals surface area contributed by atoms with Gasteiger partial charge in [-0.1, -0.05) is 12.1 Å². The number of carbonyl (C=O) groups excluding carboxylic acids is 2. The van der Waals surface area contributed by atoms with E-state index in [0.29, 0.717) is 93.9 Å². The zero-order valence-corrected chi connectivity index (χ0v) is 24.2. The number of morpholine rings is 1. The highest BCUT2D eigenvalue weighted by Crippen LogP contribution is 2.48. The average molecular weight is 622 g/mol. The minimum Gasteiger partial charge on any atom is -0.378 e. The fourth-order valence-corrected chi connectivity index (χ4v) is 5.75. The molecule has 0 spiro atoms. The lowest BCUT2D eigenvalue weighted by atomic mass is 10.0. The summed E-state index contributed by atoms with van der Waals surface area (Å²) in [4.78, 5) is 50.2. The summed E-state index contributed by atoms with van der Waals surface area (Å²) in [6.07, 6.45) is -2.00. The molecule has 45 heavy (non-hydrogen) atoms. The summed E-state index contributed by atoms with van der Waals surface area (Å²) in [5.74, 6) is -0.882. The highest BCUT2D eigenvalue weighted by Gasteiger charge is 2.58. The average Bonchev–Trinajstić information content (AvgIpc) is 3.79. The molecule has 15 heteroatoms. The first-order valence-electron chi connectivity index (χ1n) is 14.8. The Hall–Kier alpha value is -4.79. The molecule has 4 aromatic rings. The number of amides is 2. The van der Waals surface area contributed by atoms with Gasteiger partial charge >= 0.3 is 0 Å². The molecule has 1 saturated carbocycles. The van der Waals surface area contributed by atoms with Crippen molar-refractivity contribution < 1.29 is 27.5 Å². The quantitative estimate of drug-likeness (QED) is 0.310. The van der Waals surface area contributed by atoms with Crippen LogP contribution in [-0.4, -0.2) is 93.7 Å². The first-order valence-corrected chi connectivity index (χ1v) is 14.8. The van der Waals surface area contributed by atoms with E-state index in [1.54, 1.807) is 29.2 Å². The Morgan fingerprint density at radius 2 is 1.42 bits per heavy atom. The van der Waals surface area contributed by atoms with E-state index in [1.807, 2.05) is 9.80 Å². The van der Waals surface area contributed by atoms with E-state index in [2.05, 4.69) is 20.3 Å². The maximum absolute atomic E-state index is 14.2. The van der Waals surface area contributed by atoms with Gasteiger partial charge in [-0.2, -0.15) is 15.0 Å². The molecule has 1 N–H and O–H groups in total. The standard InChI is InChI=1S/C30H30F3N9O3/c31-19-5-7-20(8-6-19)34-25(43)30(9-10-30)26(44)39-11-13-40(14-12-39)27-36-28(41-15-17-45-18-16-41)38-29(37-27)42-22-4-2-1-3-21(22)35-24(42)23(32)33/h1-8,23H,9-18H2,(H,34,43). The molecular formula is C30H30F3N9O3. The van der Waals surface area contributed by atoms with Crippen LogP contribution in [0.1, 0.15) is 25.1 Å². The van der Waals surface area contributed by atoms with E-state index < -0.39 is 29.4 Å². The summed E-state index contributed by atoms with van der Waals surface area (Å²) in [5.41, 5.74) is 0.121. The van der Waals surface area contributed by atoms with Crippen LogP contribution in [0.5, 0.6) is 0 Å². The molecule has 2 aliphatic heterocycles. The third-order valence-corrected chi connectivity index (χ3v) is 8.42. The Morgan fingerprint density at radius 3 is 2.07 bits per heavy atom. The van der Waals surface area contributed by atoms with Crippen LogP contribution in [-0.2, 0) is 14.3 Å². The number of fused-ring (bicyclic) bond motifs is 1. The number of alkyl halides is 2. The number of ether oxygens (including phenoxy) is 1. The van der Waals surface area contributed by atoms with Crippen molar-refractivity contribution in [3.8, 4) is 5.95 Å². The van der Waals surface area contributed by atoms with Crippen LogP contribution in [0, 0.1) is 11.2 Å². The van der Waals surface area contributed by atoms with Crippen molar-refractivity contribution in [2.45, 2.75) is 19.3 Å². The molecule has 0 unspecified atom stereocenters. The molecule has 3 aliphatic rings. The van der Waals surface area contributed by atoms with Gasteiger partial charge in [0.05, 0.1) is 24.2 Å². The molecule has 234 valence electrons. The van der Waals surface area contributed by atoms with E-state index in [1.165, 1.54) is 28.8 Å². The van der Waals surface area contributed by atoms with Crippen LogP contribution < -0.4 is 15.1 Å². The molecule has 12 nitrogen and oxygen atoms in total. The van der Waals surface area contributed by atoms with E-state index in [4.69, 9.17) is 9.72 Å². The van der Waals surface area contributed by atoms with Crippen LogP contribution in [0.25, 0.3) is 17.0 Å². The van der Waals surface area contributed by atoms with E-state index in [9.17, 15) is 22.8 Å². The fourth-order valence-electron chi connectivity index (χ4n) is 5.75. The zero-order chi connectivity index (χ0) is 31.1. The number of halogens is 3. The summed E-state index contributed by atoms with van der Waals surface area (Å²) in [7, 11) is 0. The van der Waals surface area contributed by atoms with Crippen molar-refractivity contribution in [2.24, 2.45) is 5.41 Å². The number of para-hydroxylation sites is 2. The smallest absolute Gasteiger partial charge is 0.296 e. The highest BCUT2D eigenvalue weighted by molar-refractivity contribution is 6.13. The van der Waals surface area contributed by atoms with Crippen molar-refractivity contribution in [1.29, 1.82) is 0 Å². The summed E-state index contributed by atoms with van der Waals surface area (Å²) < 4.78 is 48.4. The maximum atomic E-state index is 14.2. The second-order valence-corrected chi connectivity index (χ2v) is 11.3. The first kappa shape index (κ1) is 29.0. The minimum atomic E-state index is -2.87. The number of imidazole rings is 1. The predicted octanol–water partition coefficient (Wildman–Crippen LogP) is 3.19. The molecule has 4 heterocycles. The minimum absolute atomic E-state index is 0.0263. The molecule has 0 bridgehead atoms. The van der Waals surface area contributed by atoms with Crippen LogP contribution in [0.2, 0.25) is 0 Å². The lowest BCUT2D eigenvalue weighted by Gasteiger charge is -2.36. The number of aromatic nitrogens is 5. The van der Waals surface area contributed by atoms with Gasteiger partial charge in [0, 0.05) is 45.0 Å². The molecule has 0 radical (unpaired) electrons. The topological polar surface area (TPSA) is 122 Å². The Morgan fingerprint density at radius 1 is 0.800 bits per heavy atom. The van der Waals surface area contributed by atoms with Crippen LogP contribution in [0.4, 0.5) is 30.8 Å². The summed E-state index contributed by atoms with van der Waals surface area (Å²) in [5, 5.41) is 2.74. The van der Waals surface area contributed by atoms with Gasteiger partial charge < -0.3 is 24.8 Å². The highest BCUT2D eigenvalue weighted by atomic mass is 19.3. The normalized spacial score (nSPS) is 18.0. The molecule has 0 atom stereocenters. The van der Waals surface area contributed by atoms with E-state index >= 15 is 0 Å². The first-order chi connectivity index (χ1) is 21.8. The Labute approximate surface area is 255 Å². The summed E-state index contributed by atoms with van der Waals surface area (Å²) in [6, 6.07) is 12.2. The van der Waals surface area contributed by atoms with Crippen LogP contribution in [0.15, 0.2) is 48.5 Å². The van der Waals surface area contributed by atoms with Gasteiger partial charge in [0.2, 0.25) is 29.7 Å². The fraction of sp³-hybridized carbons (Fsp3) is 0.400. The van der Waals surface area contributed by atoms with Gasteiger partial charge in [-0.25, -0.2) is 18.2 Å². The van der Waals surface area contributed by atoms with Gasteiger partial charge in [-0.05, 0) is 49.2 Å². The van der Waals surface area contributed by atoms with E-state index in [0.717, 1.165) is 0 Å². The number of anilines is 3. The Kier molecular flexibility index (Phi) is 7.47. The lowest BCUT2D eigenvalue weighted by Crippen LogP contribution is -2.53. The largest absolute Gasteiger partial charge is 0.378 e. The zero-order valence-electron chi connectivity index (χ0n) is 24.2. The number of hydrogen-bond acceptors (Lipinski definition) is 9. The van der Waals surface area contributed by atoms with Crippen molar-refractivity contribution in [3.63, 3.8) is 0 Å². The number of piperazine rings is 1. The van der Waals surface area contributed by atoms with Gasteiger partial charge in [-0.3, -0.25) is 14.2 Å². The Balaban J connectivity index is 1.13. The van der Waals surface area contributed by atoms with Crippen molar-refractivity contribution in [1.82, 2.24) is 29.4 Å². The third-order valence-electron chi connectivity index (χ3n) is 8.42. The molecular weight excluding hydrogens is 591 g/mol. The number of carbonyl (C=O) groups is 2. The second kappa shape index (κ2) is 11.6. The number of benzene rings is 2. The second-order valence-electron chi connectivity index (χ2n) is 11.3. The molecule has 2 amide bonds. The lowest BCUT2D eigenvalue weighted by molar-refractivity contribution is -0.142. The summed E-state index contributed by atoms with van der Waals surface area (Å²) in [6.45, 7) is 3.36. The monoisotopic (exact) mass is 621 g/mol. The number of nitrogens with zero attached hydrogens (tertiary/aromatic N) is 8. The SMILES string of the molecule is O=C(Nc1ccc(F)cc1)C1(C(=O)N2CCN(c3nc(N4CCOCC4)nc(-n4c(C(F)F)nc5ccccc54)n3)CC2)CC1. The van der Waals surface area contributed by atoms with Gasteiger partial charge in [0.15, 0.2) is 5.82 Å². The van der Waals surface area contributed by atoms with Crippen molar-refractivity contribution >= 4 is 40.4 Å². The number of hydrogen-bond donors (Lipinski definition) is 1. The molecule has 2 saturated heterocycles. The number of nitrogens with one attached hydrogen (secondary N) is 1. The molecule has 1 aliphatic carbocycles. The van der Waals surface area contributed by atoms with Crippen LogP contribution in [0.3, 0.4) is 0 Å². The Bertz CT molecular complexity index is 1730. The van der Waals surface area contributed by atoms with Crippen molar-refractivity contribution in [2.75, 3.05) is 67.6 Å². The number of rotatable bonds is 7. The van der Waals surface area contributed by atoms with Gasteiger partial charge in [0.25, 0.3) is 6.43 Å². The third kappa shape index (κ3) is 5.52. The molecule has 2 aromatic carbocycles. The van der Waals surface area contributed by atoms with Gasteiger partial charge in [0.1, 0.15) is 11.2 Å². The molecule has 2 aromatic heterocycles. The van der Waals surface area contributed by atoms with Crippen molar-refractivity contribution in [3.05, 3.63) is 60.2 Å². The molecule has 3 fully saturated rings. The van der Waals surface area contributed by atoms with E-state index in [-0.39, 0.29) is 11.9 Å².